The molecule has 5 nitrogen and oxygen atoms in total. The van der Waals surface area contributed by atoms with Crippen LogP contribution in [0.15, 0.2) is 17.1 Å². The molecule has 0 unspecified atom stereocenters. The van der Waals surface area contributed by atoms with Crippen molar-refractivity contribution in [3.05, 3.63) is 22.7 Å². The molecule has 1 heterocycles. The molecule has 0 saturated heterocycles. The highest BCUT2D eigenvalue weighted by atomic mass is 16.5. The van der Waals surface area contributed by atoms with E-state index < -0.39 is 0 Å². The summed E-state index contributed by atoms with van der Waals surface area (Å²) in [5.41, 5.74) is -0.203. The molecule has 1 aliphatic carbocycles. The summed E-state index contributed by atoms with van der Waals surface area (Å²) in [6, 6.07) is 2.07. The number of aromatic nitrogens is 2. The molecule has 0 spiro atoms. The van der Waals surface area contributed by atoms with Crippen LogP contribution in [-0.2, 0) is 4.74 Å². The Bertz CT molecular complexity index is 451. The zero-order valence-corrected chi connectivity index (χ0v) is 14.2. The van der Waals surface area contributed by atoms with E-state index in [1.54, 1.807) is 17.7 Å². The second-order valence-electron chi connectivity index (χ2n) is 5.30. The molecule has 0 radical (unpaired) electrons. The zero-order valence-electron chi connectivity index (χ0n) is 14.2. The summed E-state index contributed by atoms with van der Waals surface area (Å²) in [5, 5.41) is 0. The van der Waals surface area contributed by atoms with Gasteiger partial charge in [-0.3, -0.25) is 4.57 Å². The SMILES string of the molecule is CC.COCCOc1ccn(C2CCCCCCC2)c(=O)n1. The van der Waals surface area contributed by atoms with Crippen LogP contribution < -0.4 is 10.4 Å². The third kappa shape index (κ3) is 6.18. The normalized spacial score (nSPS) is 16.1. The number of ether oxygens (including phenoxy) is 2. The lowest BCUT2D eigenvalue weighted by Crippen LogP contribution is -2.27. The fourth-order valence-corrected chi connectivity index (χ4v) is 2.70. The van der Waals surface area contributed by atoms with E-state index in [1.807, 2.05) is 20.0 Å². The molecule has 1 aromatic heterocycles. The first-order chi connectivity index (χ1) is 10.8. The highest BCUT2D eigenvalue weighted by Crippen LogP contribution is 2.25. The molecule has 0 bridgehead atoms. The molecule has 22 heavy (non-hydrogen) atoms. The molecule has 0 atom stereocenters. The predicted octanol–water partition coefficient (Wildman–Crippen LogP) is 3.58. The van der Waals surface area contributed by atoms with Gasteiger partial charge in [0, 0.05) is 25.4 Å². The Morgan fingerprint density at radius 3 is 2.36 bits per heavy atom. The molecular weight excluding hydrogens is 280 g/mol. The van der Waals surface area contributed by atoms with E-state index in [0.717, 1.165) is 12.8 Å². The van der Waals surface area contributed by atoms with Gasteiger partial charge >= 0.3 is 5.69 Å². The topological polar surface area (TPSA) is 53.4 Å². The van der Waals surface area contributed by atoms with E-state index in [2.05, 4.69) is 4.98 Å². The second-order valence-corrected chi connectivity index (χ2v) is 5.30. The van der Waals surface area contributed by atoms with Crippen LogP contribution in [0.4, 0.5) is 0 Å². The van der Waals surface area contributed by atoms with Crippen molar-refractivity contribution in [1.29, 1.82) is 0 Å². The molecule has 0 N–H and O–H groups in total. The van der Waals surface area contributed by atoms with Gasteiger partial charge in [-0.1, -0.05) is 46.0 Å². The van der Waals surface area contributed by atoms with Gasteiger partial charge in [0.05, 0.1) is 6.61 Å². The predicted molar refractivity (Wildman–Crippen MR) is 88.6 cm³/mol. The maximum Gasteiger partial charge on any atom is 0.351 e. The first-order valence-corrected chi connectivity index (χ1v) is 8.52. The smallest absolute Gasteiger partial charge is 0.351 e. The summed E-state index contributed by atoms with van der Waals surface area (Å²) < 4.78 is 12.0. The van der Waals surface area contributed by atoms with Gasteiger partial charge in [0.25, 0.3) is 0 Å². The van der Waals surface area contributed by atoms with Crippen LogP contribution in [0.1, 0.15) is 64.8 Å². The molecule has 2 rings (SSSR count). The monoisotopic (exact) mass is 310 g/mol. The van der Waals surface area contributed by atoms with Gasteiger partial charge in [0.15, 0.2) is 0 Å². The van der Waals surface area contributed by atoms with Gasteiger partial charge in [-0.25, -0.2) is 4.79 Å². The van der Waals surface area contributed by atoms with Crippen LogP contribution in [0.5, 0.6) is 5.88 Å². The molecular formula is C17H30N2O3. The molecule has 0 aliphatic heterocycles. The Balaban J connectivity index is 0.00000116. The van der Waals surface area contributed by atoms with E-state index in [1.165, 1.54) is 32.1 Å². The summed E-state index contributed by atoms with van der Waals surface area (Å²) in [7, 11) is 1.61. The molecule has 5 heteroatoms. The van der Waals surface area contributed by atoms with Crippen LogP contribution in [0, 0.1) is 0 Å². The van der Waals surface area contributed by atoms with E-state index in [-0.39, 0.29) is 5.69 Å². The molecule has 1 aliphatic rings. The first kappa shape index (κ1) is 18.7. The fourth-order valence-electron chi connectivity index (χ4n) is 2.70. The van der Waals surface area contributed by atoms with E-state index >= 15 is 0 Å². The van der Waals surface area contributed by atoms with Crippen LogP contribution in [-0.4, -0.2) is 29.9 Å². The minimum atomic E-state index is -0.203. The van der Waals surface area contributed by atoms with Gasteiger partial charge in [-0.15, -0.1) is 0 Å². The maximum atomic E-state index is 12.1. The van der Waals surface area contributed by atoms with Gasteiger partial charge < -0.3 is 9.47 Å². The van der Waals surface area contributed by atoms with Crippen molar-refractivity contribution in [2.45, 2.75) is 64.8 Å². The van der Waals surface area contributed by atoms with E-state index in [4.69, 9.17) is 9.47 Å². The van der Waals surface area contributed by atoms with E-state index in [0.29, 0.717) is 25.1 Å². The van der Waals surface area contributed by atoms with Crippen molar-refractivity contribution in [3.8, 4) is 5.88 Å². The molecule has 0 amide bonds. The third-order valence-electron chi connectivity index (χ3n) is 3.81. The van der Waals surface area contributed by atoms with Crippen molar-refractivity contribution in [2.75, 3.05) is 20.3 Å². The molecule has 1 aromatic rings. The first-order valence-electron chi connectivity index (χ1n) is 8.52. The number of hydrogen-bond acceptors (Lipinski definition) is 4. The lowest BCUT2D eigenvalue weighted by molar-refractivity contribution is 0.143. The summed E-state index contributed by atoms with van der Waals surface area (Å²) in [6.07, 6.45) is 10.2. The lowest BCUT2D eigenvalue weighted by atomic mass is 9.96. The Morgan fingerprint density at radius 2 is 1.77 bits per heavy atom. The van der Waals surface area contributed by atoms with Crippen LogP contribution in [0.25, 0.3) is 0 Å². The molecule has 0 aromatic carbocycles. The molecule has 1 fully saturated rings. The fraction of sp³-hybridized carbons (Fsp3) is 0.765. The average Bonchev–Trinajstić information content (AvgIpc) is 2.50. The zero-order chi connectivity index (χ0) is 16.2. The summed E-state index contributed by atoms with van der Waals surface area (Å²) >= 11 is 0. The summed E-state index contributed by atoms with van der Waals surface area (Å²) in [4.78, 5) is 16.1. The number of nitrogens with zero attached hydrogens (tertiary/aromatic N) is 2. The minimum absolute atomic E-state index is 0.203. The molecule has 126 valence electrons. The van der Waals surface area contributed by atoms with E-state index in [9.17, 15) is 4.79 Å². The van der Waals surface area contributed by atoms with Crippen LogP contribution in [0.3, 0.4) is 0 Å². The Labute approximate surface area is 133 Å². The Kier molecular flexibility index (Phi) is 9.55. The van der Waals surface area contributed by atoms with Crippen LogP contribution >= 0.6 is 0 Å². The number of rotatable bonds is 5. The number of hydrogen-bond donors (Lipinski definition) is 0. The summed E-state index contributed by atoms with van der Waals surface area (Å²) in [6.45, 7) is 4.91. The quantitative estimate of drug-likeness (QED) is 0.780. The standard InChI is InChI=1S/C15H24N2O3.C2H6/c1-19-11-12-20-14-9-10-17(15(18)16-14)13-7-5-3-2-4-6-8-13;1-2/h9-10,13H,2-8,11-12H2,1H3;1-2H3. The van der Waals surface area contributed by atoms with Crippen molar-refractivity contribution in [1.82, 2.24) is 9.55 Å². The van der Waals surface area contributed by atoms with Crippen molar-refractivity contribution in [3.63, 3.8) is 0 Å². The summed E-state index contributed by atoms with van der Waals surface area (Å²) in [5.74, 6) is 0.383. The van der Waals surface area contributed by atoms with Gasteiger partial charge in [0.2, 0.25) is 5.88 Å². The molecule has 1 saturated carbocycles. The largest absolute Gasteiger partial charge is 0.475 e. The van der Waals surface area contributed by atoms with Gasteiger partial charge in [0.1, 0.15) is 6.61 Å². The number of methoxy groups -OCH3 is 1. The average molecular weight is 310 g/mol. The second kappa shape index (κ2) is 11.2. The van der Waals surface area contributed by atoms with Crippen LogP contribution in [0.2, 0.25) is 0 Å². The van der Waals surface area contributed by atoms with Crippen molar-refractivity contribution in [2.24, 2.45) is 0 Å². The Hall–Kier alpha value is -1.36. The van der Waals surface area contributed by atoms with Crippen molar-refractivity contribution >= 4 is 0 Å². The minimum Gasteiger partial charge on any atom is -0.475 e. The van der Waals surface area contributed by atoms with Crippen molar-refractivity contribution < 1.29 is 9.47 Å². The maximum absolute atomic E-state index is 12.1. The highest BCUT2D eigenvalue weighted by molar-refractivity contribution is 5.06. The van der Waals surface area contributed by atoms with Gasteiger partial charge in [-0.2, -0.15) is 4.98 Å². The lowest BCUT2D eigenvalue weighted by Gasteiger charge is -2.21. The van der Waals surface area contributed by atoms with Gasteiger partial charge in [-0.05, 0) is 12.8 Å². The third-order valence-corrected chi connectivity index (χ3v) is 3.81. The Morgan fingerprint density at radius 1 is 1.14 bits per heavy atom. The highest BCUT2D eigenvalue weighted by Gasteiger charge is 2.15.